The summed E-state index contributed by atoms with van der Waals surface area (Å²) in [5.74, 6) is 1.49. The minimum absolute atomic E-state index is 0.0208. The number of anilines is 1. The first-order valence-electron chi connectivity index (χ1n) is 6.89. The summed E-state index contributed by atoms with van der Waals surface area (Å²) >= 11 is 0. The van der Waals surface area contributed by atoms with Crippen LogP contribution in [-0.2, 0) is 13.1 Å². The molecular weight excluding hydrogens is 264 g/mol. The summed E-state index contributed by atoms with van der Waals surface area (Å²) in [6.07, 6.45) is 0. The minimum Gasteiger partial charge on any atom is -0.463 e. The van der Waals surface area contributed by atoms with Crippen LogP contribution in [0.1, 0.15) is 21.9 Å². The van der Waals surface area contributed by atoms with E-state index in [-0.39, 0.29) is 5.91 Å². The third-order valence-electron chi connectivity index (χ3n) is 3.88. The van der Waals surface area contributed by atoms with E-state index < -0.39 is 0 Å². The van der Waals surface area contributed by atoms with Crippen LogP contribution in [0.25, 0.3) is 10.8 Å². The van der Waals surface area contributed by atoms with Gasteiger partial charge in [-0.25, -0.2) is 0 Å². The van der Waals surface area contributed by atoms with Crippen molar-refractivity contribution in [2.45, 2.75) is 13.1 Å². The van der Waals surface area contributed by atoms with Crippen LogP contribution in [0.5, 0.6) is 0 Å². The number of nitrogens with zero attached hydrogens (tertiary/aromatic N) is 1. The van der Waals surface area contributed by atoms with Crippen molar-refractivity contribution in [2.75, 3.05) is 4.90 Å². The van der Waals surface area contributed by atoms with E-state index in [1.165, 1.54) is 0 Å². The molecule has 0 saturated heterocycles. The van der Waals surface area contributed by atoms with Gasteiger partial charge in [0, 0.05) is 10.9 Å². The zero-order valence-corrected chi connectivity index (χ0v) is 11.4. The van der Waals surface area contributed by atoms with Crippen molar-refractivity contribution < 1.29 is 9.21 Å². The van der Waals surface area contributed by atoms with Crippen LogP contribution in [0.2, 0.25) is 0 Å². The molecule has 0 aliphatic carbocycles. The van der Waals surface area contributed by atoms with Crippen molar-refractivity contribution in [1.29, 1.82) is 0 Å². The molecule has 104 valence electrons. The maximum Gasteiger partial charge on any atom is 0.259 e. The number of amides is 1. The molecule has 0 fully saturated rings. The molecule has 1 aromatic heterocycles. The molecule has 3 aromatic rings. The Morgan fingerprint density at radius 3 is 2.52 bits per heavy atom. The van der Waals surface area contributed by atoms with Gasteiger partial charge in [-0.3, -0.25) is 4.79 Å². The van der Waals surface area contributed by atoms with Gasteiger partial charge >= 0.3 is 0 Å². The van der Waals surface area contributed by atoms with E-state index in [4.69, 9.17) is 10.2 Å². The summed E-state index contributed by atoms with van der Waals surface area (Å²) < 4.78 is 5.62. The average molecular weight is 278 g/mol. The summed E-state index contributed by atoms with van der Waals surface area (Å²) in [5.41, 5.74) is 7.26. The van der Waals surface area contributed by atoms with E-state index in [2.05, 4.69) is 0 Å². The molecule has 0 saturated carbocycles. The zero-order chi connectivity index (χ0) is 14.4. The largest absolute Gasteiger partial charge is 0.463 e. The predicted molar refractivity (Wildman–Crippen MR) is 81.1 cm³/mol. The van der Waals surface area contributed by atoms with Gasteiger partial charge < -0.3 is 15.1 Å². The van der Waals surface area contributed by atoms with Crippen LogP contribution in [0.3, 0.4) is 0 Å². The van der Waals surface area contributed by atoms with Gasteiger partial charge in [0.2, 0.25) is 0 Å². The highest BCUT2D eigenvalue weighted by molar-refractivity contribution is 6.24. The van der Waals surface area contributed by atoms with E-state index in [1.54, 1.807) is 4.90 Å². The highest BCUT2D eigenvalue weighted by Gasteiger charge is 2.29. The second-order valence-corrected chi connectivity index (χ2v) is 5.14. The van der Waals surface area contributed by atoms with Crippen molar-refractivity contribution in [3.05, 3.63) is 65.6 Å². The first-order valence-corrected chi connectivity index (χ1v) is 6.89. The molecule has 0 atom stereocenters. The smallest absolute Gasteiger partial charge is 0.259 e. The summed E-state index contributed by atoms with van der Waals surface area (Å²) in [7, 11) is 0. The van der Waals surface area contributed by atoms with E-state index >= 15 is 0 Å². The van der Waals surface area contributed by atoms with E-state index in [1.807, 2.05) is 48.5 Å². The quantitative estimate of drug-likeness (QED) is 0.801. The van der Waals surface area contributed by atoms with Crippen molar-refractivity contribution in [1.82, 2.24) is 0 Å². The normalized spacial score (nSPS) is 13.4. The van der Waals surface area contributed by atoms with Crippen molar-refractivity contribution in [3.63, 3.8) is 0 Å². The molecule has 1 amide bonds. The van der Waals surface area contributed by atoms with Gasteiger partial charge in [0.15, 0.2) is 0 Å². The van der Waals surface area contributed by atoms with Crippen LogP contribution >= 0.6 is 0 Å². The van der Waals surface area contributed by atoms with Crippen LogP contribution in [0.15, 0.2) is 52.9 Å². The van der Waals surface area contributed by atoms with Crippen LogP contribution in [-0.4, -0.2) is 5.91 Å². The molecule has 0 bridgehead atoms. The molecule has 4 rings (SSSR count). The fourth-order valence-corrected chi connectivity index (χ4v) is 2.91. The molecule has 1 aliphatic heterocycles. The molecule has 4 heteroatoms. The van der Waals surface area contributed by atoms with E-state index in [0.717, 1.165) is 33.5 Å². The standard InChI is InChI=1S/C17H14N2O2/c18-9-12-7-8-13(21-12)10-19-15-6-2-4-11-3-1-5-14(16(11)15)17(19)20/h1-8H,9-10,18H2. The topological polar surface area (TPSA) is 59.5 Å². The molecule has 2 N–H and O–H groups in total. The summed E-state index contributed by atoms with van der Waals surface area (Å²) in [5, 5.41) is 2.11. The van der Waals surface area contributed by atoms with Gasteiger partial charge in [-0.15, -0.1) is 0 Å². The number of nitrogens with two attached hydrogens (primary N) is 1. The van der Waals surface area contributed by atoms with Gasteiger partial charge in [0.1, 0.15) is 11.5 Å². The molecule has 2 heterocycles. The van der Waals surface area contributed by atoms with Gasteiger partial charge in [0.05, 0.1) is 18.8 Å². The Hall–Kier alpha value is -2.59. The Kier molecular flexibility index (Phi) is 2.59. The summed E-state index contributed by atoms with van der Waals surface area (Å²) in [4.78, 5) is 14.4. The molecular formula is C17H14N2O2. The third-order valence-corrected chi connectivity index (χ3v) is 3.88. The van der Waals surface area contributed by atoms with Crippen molar-refractivity contribution in [3.8, 4) is 0 Å². The molecule has 1 aliphatic rings. The molecule has 21 heavy (non-hydrogen) atoms. The highest BCUT2D eigenvalue weighted by Crippen LogP contribution is 2.38. The second kappa shape index (κ2) is 4.46. The van der Waals surface area contributed by atoms with Crippen LogP contribution < -0.4 is 10.6 Å². The molecule has 0 radical (unpaired) electrons. The number of hydrogen-bond donors (Lipinski definition) is 1. The van der Waals surface area contributed by atoms with Crippen molar-refractivity contribution in [2.24, 2.45) is 5.73 Å². The number of carbonyl (C=O) groups excluding carboxylic acids is 1. The maximum atomic E-state index is 12.6. The maximum absolute atomic E-state index is 12.6. The Morgan fingerprint density at radius 2 is 1.76 bits per heavy atom. The average Bonchev–Trinajstić information content (AvgIpc) is 3.08. The molecule has 4 nitrogen and oxygen atoms in total. The zero-order valence-electron chi connectivity index (χ0n) is 11.4. The first-order chi connectivity index (χ1) is 10.3. The number of carbonyl (C=O) groups is 1. The third kappa shape index (κ3) is 1.76. The SMILES string of the molecule is NCc1ccc(CN2C(=O)c3cccc4cccc2c34)o1. The Balaban J connectivity index is 1.78. The lowest BCUT2D eigenvalue weighted by molar-refractivity contribution is 0.0989. The van der Waals surface area contributed by atoms with Crippen molar-refractivity contribution >= 4 is 22.4 Å². The highest BCUT2D eigenvalue weighted by atomic mass is 16.3. The van der Waals surface area contributed by atoms with Gasteiger partial charge in [-0.1, -0.05) is 24.3 Å². The number of hydrogen-bond acceptors (Lipinski definition) is 3. The predicted octanol–water partition coefficient (Wildman–Crippen LogP) is 3.05. The monoisotopic (exact) mass is 278 g/mol. The summed E-state index contributed by atoms with van der Waals surface area (Å²) in [6.45, 7) is 0.788. The molecule has 0 unspecified atom stereocenters. The van der Waals surface area contributed by atoms with E-state index in [9.17, 15) is 4.79 Å². The molecule has 2 aromatic carbocycles. The fraction of sp³-hybridized carbons (Fsp3) is 0.118. The van der Waals surface area contributed by atoms with Crippen LogP contribution in [0, 0.1) is 0 Å². The second-order valence-electron chi connectivity index (χ2n) is 5.14. The van der Waals surface area contributed by atoms with Crippen LogP contribution in [0.4, 0.5) is 5.69 Å². The Morgan fingerprint density at radius 1 is 1.00 bits per heavy atom. The lowest BCUT2D eigenvalue weighted by Crippen LogP contribution is -2.25. The lowest BCUT2D eigenvalue weighted by atomic mass is 10.1. The molecule has 0 spiro atoms. The first kappa shape index (κ1) is 12.2. The van der Waals surface area contributed by atoms with Gasteiger partial charge in [0.25, 0.3) is 5.91 Å². The minimum atomic E-state index is 0.0208. The number of benzene rings is 2. The number of rotatable bonds is 3. The van der Waals surface area contributed by atoms with Gasteiger partial charge in [-0.05, 0) is 29.7 Å². The number of furan rings is 1. The summed E-state index contributed by atoms with van der Waals surface area (Å²) in [6, 6.07) is 15.5. The van der Waals surface area contributed by atoms with E-state index in [0.29, 0.717) is 13.1 Å². The Labute approximate surface area is 121 Å². The van der Waals surface area contributed by atoms with Gasteiger partial charge in [-0.2, -0.15) is 0 Å². The Bertz CT molecular complexity index is 846. The fourth-order valence-electron chi connectivity index (χ4n) is 2.91. The lowest BCUT2D eigenvalue weighted by Gasteiger charge is -2.16.